The van der Waals surface area contributed by atoms with Gasteiger partial charge in [0.25, 0.3) is 0 Å². The maximum absolute atomic E-state index is 12.6. The topological polar surface area (TPSA) is 65.1 Å². The quantitative estimate of drug-likeness (QED) is 0.798. The molecular weight excluding hydrogens is 403 g/mol. The third-order valence-corrected chi connectivity index (χ3v) is 5.71. The Morgan fingerprint density at radius 2 is 1.75 bits per heavy atom. The van der Waals surface area contributed by atoms with Gasteiger partial charge in [-0.2, -0.15) is 0 Å². The molecule has 2 heterocycles. The predicted molar refractivity (Wildman–Crippen MR) is 109 cm³/mol. The molecule has 2 aliphatic heterocycles. The van der Waals surface area contributed by atoms with E-state index in [-0.39, 0.29) is 18.0 Å². The summed E-state index contributed by atoms with van der Waals surface area (Å²) >= 11 is 12.2. The summed E-state index contributed by atoms with van der Waals surface area (Å²) in [5, 5.41) is 4.08. The number of piperazine rings is 1. The molecule has 1 aromatic rings. The van der Waals surface area contributed by atoms with Gasteiger partial charge in [-0.1, -0.05) is 29.3 Å². The Bertz CT molecular complexity index is 704. The lowest BCUT2D eigenvalue weighted by molar-refractivity contribution is -0.136. The van der Waals surface area contributed by atoms with E-state index in [0.717, 1.165) is 5.56 Å². The Morgan fingerprint density at radius 3 is 2.39 bits per heavy atom. The number of carbonyl (C=O) groups is 2. The molecule has 0 unspecified atom stereocenters. The van der Waals surface area contributed by atoms with Gasteiger partial charge in [0.1, 0.15) is 0 Å². The number of halogens is 2. The molecule has 2 saturated heterocycles. The van der Waals surface area contributed by atoms with Crippen LogP contribution in [-0.4, -0.2) is 85.7 Å². The number of morpholine rings is 1. The second kappa shape index (κ2) is 9.78. The molecule has 0 radical (unpaired) electrons. The van der Waals surface area contributed by atoms with Crippen LogP contribution in [0.4, 0.5) is 4.79 Å². The summed E-state index contributed by atoms with van der Waals surface area (Å²) in [6, 6.07) is 4.90. The highest BCUT2D eigenvalue weighted by molar-refractivity contribution is 6.35. The minimum absolute atomic E-state index is 0.127. The molecule has 0 bridgehead atoms. The fourth-order valence-corrected chi connectivity index (χ4v) is 3.99. The lowest BCUT2D eigenvalue weighted by Gasteiger charge is -2.36. The Labute approximate surface area is 175 Å². The molecule has 1 N–H and O–H groups in total. The van der Waals surface area contributed by atoms with Crippen molar-refractivity contribution in [2.24, 2.45) is 0 Å². The van der Waals surface area contributed by atoms with Gasteiger partial charge in [-0.15, -0.1) is 0 Å². The molecule has 7 nitrogen and oxygen atoms in total. The van der Waals surface area contributed by atoms with Crippen molar-refractivity contribution in [2.45, 2.75) is 13.0 Å². The second-order valence-corrected chi connectivity index (χ2v) is 7.94. The molecule has 3 rings (SSSR count). The van der Waals surface area contributed by atoms with Crippen LogP contribution in [0.2, 0.25) is 10.0 Å². The third-order valence-electron chi connectivity index (χ3n) is 5.15. The van der Waals surface area contributed by atoms with E-state index in [0.29, 0.717) is 69.1 Å². The SMILES string of the molecule is C[C@H](NC(=O)N1CCN(CC(=O)N2CCOCC2)CC1)c1ccc(Cl)cc1Cl. The zero-order valence-electron chi connectivity index (χ0n) is 16.0. The largest absolute Gasteiger partial charge is 0.378 e. The smallest absolute Gasteiger partial charge is 0.317 e. The minimum Gasteiger partial charge on any atom is -0.378 e. The first kappa shape index (κ1) is 21.2. The Hall–Kier alpha value is -1.54. The predicted octanol–water partition coefficient (Wildman–Crippen LogP) is 2.24. The molecule has 1 aromatic carbocycles. The molecule has 154 valence electrons. The molecular formula is C19H26Cl2N4O3. The van der Waals surface area contributed by atoms with Crippen LogP contribution in [0.3, 0.4) is 0 Å². The molecule has 0 aromatic heterocycles. The van der Waals surface area contributed by atoms with E-state index in [4.69, 9.17) is 27.9 Å². The van der Waals surface area contributed by atoms with Crippen molar-refractivity contribution in [3.05, 3.63) is 33.8 Å². The fourth-order valence-electron chi connectivity index (χ4n) is 3.42. The average molecular weight is 429 g/mol. The average Bonchev–Trinajstić information content (AvgIpc) is 2.69. The third kappa shape index (κ3) is 5.50. The summed E-state index contributed by atoms with van der Waals surface area (Å²) in [4.78, 5) is 30.6. The van der Waals surface area contributed by atoms with E-state index in [2.05, 4.69) is 10.2 Å². The minimum atomic E-state index is -0.224. The van der Waals surface area contributed by atoms with E-state index in [1.54, 1.807) is 17.0 Å². The highest BCUT2D eigenvalue weighted by Gasteiger charge is 2.26. The number of urea groups is 1. The molecule has 0 aliphatic carbocycles. The lowest BCUT2D eigenvalue weighted by Crippen LogP contribution is -2.54. The van der Waals surface area contributed by atoms with Crippen molar-refractivity contribution in [3.63, 3.8) is 0 Å². The standard InChI is InChI=1S/C19H26Cl2N4O3/c1-14(16-3-2-15(20)12-17(16)21)22-19(27)25-6-4-23(5-7-25)13-18(26)24-8-10-28-11-9-24/h2-3,12,14H,4-11,13H2,1H3,(H,22,27)/t14-/m0/s1. The number of nitrogens with one attached hydrogen (secondary N) is 1. The van der Waals surface area contributed by atoms with Gasteiger partial charge in [0.15, 0.2) is 0 Å². The highest BCUT2D eigenvalue weighted by atomic mass is 35.5. The van der Waals surface area contributed by atoms with Crippen LogP contribution < -0.4 is 5.32 Å². The number of nitrogens with zero attached hydrogens (tertiary/aromatic N) is 3. The first-order chi connectivity index (χ1) is 13.4. The van der Waals surface area contributed by atoms with Crippen LogP contribution in [0.15, 0.2) is 18.2 Å². The molecule has 3 amide bonds. The molecule has 9 heteroatoms. The zero-order valence-corrected chi connectivity index (χ0v) is 17.5. The summed E-state index contributed by atoms with van der Waals surface area (Å²) < 4.78 is 5.28. The summed E-state index contributed by atoms with van der Waals surface area (Å²) in [5.74, 6) is 0.132. The molecule has 2 fully saturated rings. The Balaban J connectivity index is 1.45. The molecule has 28 heavy (non-hydrogen) atoms. The summed E-state index contributed by atoms with van der Waals surface area (Å²) in [6.07, 6.45) is 0. The van der Waals surface area contributed by atoms with Gasteiger partial charge < -0.3 is 19.9 Å². The highest BCUT2D eigenvalue weighted by Crippen LogP contribution is 2.26. The number of hydrogen-bond donors (Lipinski definition) is 1. The van der Waals surface area contributed by atoms with Crippen molar-refractivity contribution >= 4 is 35.1 Å². The zero-order chi connectivity index (χ0) is 20.1. The van der Waals surface area contributed by atoms with Crippen molar-refractivity contribution in [1.82, 2.24) is 20.0 Å². The number of ether oxygens (including phenoxy) is 1. The first-order valence-corrected chi connectivity index (χ1v) is 10.3. The van der Waals surface area contributed by atoms with Gasteiger partial charge in [0.2, 0.25) is 5.91 Å². The summed E-state index contributed by atoms with van der Waals surface area (Å²) in [5.41, 5.74) is 0.828. The van der Waals surface area contributed by atoms with Gasteiger partial charge in [-0.25, -0.2) is 4.79 Å². The van der Waals surface area contributed by atoms with Crippen LogP contribution in [0.1, 0.15) is 18.5 Å². The Kier molecular flexibility index (Phi) is 7.40. The maximum Gasteiger partial charge on any atom is 0.317 e. The van der Waals surface area contributed by atoms with E-state index >= 15 is 0 Å². The van der Waals surface area contributed by atoms with Crippen LogP contribution in [0, 0.1) is 0 Å². The number of carbonyl (C=O) groups excluding carboxylic acids is 2. The Morgan fingerprint density at radius 1 is 1.07 bits per heavy atom. The van der Waals surface area contributed by atoms with Crippen molar-refractivity contribution in [3.8, 4) is 0 Å². The molecule has 1 atom stereocenters. The van der Waals surface area contributed by atoms with Crippen LogP contribution >= 0.6 is 23.2 Å². The normalized spacial score (nSPS) is 19.4. The van der Waals surface area contributed by atoms with Crippen molar-refractivity contribution < 1.29 is 14.3 Å². The number of rotatable bonds is 4. The fraction of sp³-hybridized carbons (Fsp3) is 0.579. The molecule has 0 saturated carbocycles. The monoisotopic (exact) mass is 428 g/mol. The van der Waals surface area contributed by atoms with E-state index in [9.17, 15) is 9.59 Å². The van der Waals surface area contributed by atoms with Crippen LogP contribution in [0.25, 0.3) is 0 Å². The number of hydrogen-bond acceptors (Lipinski definition) is 4. The first-order valence-electron chi connectivity index (χ1n) is 9.52. The summed E-state index contributed by atoms with van der Waals surface area (Å²) in [7, 11) is 0. The van der Waals surface area contributed by atoms with E-state index in [1.165, 1.54) is 0 Å². The molecule has 2 aliphatic rings. The van der Waals surface area contributed by atoms with Gasteiger partial charge >= 0.3 is 6.03 Å². The lowest BCUT2D eigenvalue weighted by atomic mass is 10.1. The van der Waals surface area contributed by atoms with Crippen molar-refractivity contribution in [2.75, 3.05) is 59.0 Å². The van der Waals surface area contributed by atoms with Gasteiger partial charge in [-0.05, 0) is 24.6 Å². The van der Waals surface area contributed by atoms with Gasteiger partial charge in [0.05, 0.1) is 25.8 Å². The van der Waals surface area contributed by atoms with Gasteiger partial charge in [-0.3, -0.25) is 9.69 Å². The maximum atomic E-state index is 12.6. The molecule has 0 spiro atoms. The second-order valence-electron chi connectivity index (χ2n) is 7.09. The number of benzene rings is 1. The van der Waals surface area contributed by atoms with E-state index in [1.807, 2.05) is 17.9 Å². The van der Waals surface area contributed by atoms with Gasteiger partial charge in [0, 0.05) is 49.3 Å². The van der Waals surface area contributed by atoms with Crippen LogP contribution in [-0.2, 0) is 9.53 Å². The van der Waals surface area contributed by atoms with Crippen molar-refractivity contribution in [1.29, 1.82) is 0 Å². The number of amides is 3. The van der Waals surface area contributed by atoms with Crippen LogP contribution in [0.5, 0.6) is 0 Å². The van der Waals surface area contributed by atoms with E-state index < -0.39 is 0 Å². The summed E-state index contributed by atoms with van der Waals surface area (Å²) in [6.45, 7) is 7.35.